The third-order valence-corrected chi connectivity index (χ3v) is 9.65. The summed E-state index contributed by atoms with van der Waals surface area (Å²) in [6, 6.07) is 3.50. The van der Waals surface area contributed by atoms with Crippen LogP contribution in [-0.2, 0) is 16.0 Å². The largest absolute Gasteiger partial charge is 0.388 e. The number of nitrogens with one attached hydrogen (secondary N) is 1. The first-order valence-corrected chi connectivity index (χ1v) is 16.0. The van der Waals surface area contributed by atoms with Gasteiger partial charge in [-0.05, 0) is 61.1 Å². The van der Waals surface area contributed by atoms with E-state index in [1.54, 1.807) is 0 Å². The number of fused-ring (bicyclic) bond motifs is 1. The maximum atomic E-state index is 11.2. The van der Waals surface area contributed by atoms with Crippen molar-refractivity contribution in [2.24, 2.45) is 5.92 Å². The Kier molecular flexibility index (Phi) is 10.7. The summed E-state index contributed by atoms with van der Waals surface area (Å²) >= 11 is 12.9. The summed E-state index contributed by atoms with van der Waals surface area (Å²) in [5.41, 5.74) is 3.33. The number of aliphatic hydroxyl groups excluding tert-OH is 1. The molecule has 3 aliphatic carbocycles. The van der Waals surface area contributed by atoms with E-state index in [1.807, 2.05) is 18.2 Å². The molecular formula is C32H46Cl2N2O4. The number of benzene rings is 1. The average Bonchev–Trinajstić information content (AvgIpc) is 3.85. The topological polar surface area (TPSA) is 74.2 Å². The standard InChI is InChI=1S/C32H46Cl2N2O4/c1-36-20-27(26-18-25(33)19-29(34)28(26)21-36)23-9-11-24(12-10-23)32(38)30(31(32)37)35-13-15-40-17-16-39-14-5-3-2-4-6-22-7-8-22/h9,11,18-19,22,27,30-31,35,37-38H,2-8,10,12-17,20-21H2,1H3/t27?,30?,31-,32?/m0/s1. The molecule has 1 aliphatic heterocycles. The van der Waals surface area contributed by atoms with Crippen molar-refractivity contribution in [3.05, 3.63) is 56.6 Å². The zero-order chi connectivity index (χ0) is 28.1. The van der Waals surface area contributed by atoms with Crippen LogP contribution in [0.15, 0.2) is 35.4 Å². The molecule has 4 aliphatic rings. The second-order valence-corrected chi connectivity index (χ2v) is 13.1. The lowest BCUT2D eigenvalue weighted by atomic mass is 9.79. The first-order valence-electron chi connectivity index (χ1n) is 15.2. The van der Waals surface area contributed by atoms with Crippen LogP contribution in [0.2, 0.25) is 10.0 Å². The summed E-state index contributed by atoms with van der Waals surface area (Å²) in [5.74, 6) is 1.26. The van der Waals surface area contributed by atoms with E-state index in [0.29, 0.717) is 31.4 Å². The van der Waals surface area contributed by atoms with Crippen LogP contribution >= 0.6 is 23.2 Å². The lowest BCUT2D eigenvalue weighted by Crippen LogP contribution is -2.33. The fourth-order valence-electron chi connectivity index (χ4n) is 6.46. The van der Waals surface area contributed by atoms with Gasteiger partial charge in [-0.25, -0.2) is 0 Å². The Balaban J connectivity index is 1.01. The number of ether oxygens (including phenoxy) is 2. The van der Waals surface area contributed by atoms with Crippen LogP contribution in [0.3, 0.4) is 0 Å². The minimum atomic E-state index is -1.21. The number of nitrogens with zero attached hydrogens (tertiary/aromatic N) is 1. The van der Waals surface area contributed by atoms with Gasteiger partial charge in [0, 0.05) is 42.2 Å². The van der Waals surface area contributed by atoms with Crippen molar-refractivity contribution in [3.63, 3.8) is 0 Å². The molecule has 2 saturated carbocycles. The Bertz CT molecular complexity index is 1080. The summed E-state index contributed by atoms with van der Waals surface area (Å²) < 4.78 is 11.4. The van der Waals surface area contributed by atoms with Gasteiger partial charge in [0.05, 0.1) is 25.9 Å². The van der Waals surface area contributed by atoms with Gasteiger partial charge in [0.1, 0.15) is 11.7 Å². The molecule has 40 heavy (non-hydrogen) atoms. The Morgan fingerprint density at radius 3 is 2.52 bits per heavy atom. The normalized spacial score (nSPS) is 28.3. The maximum absolute atomic E-state index is 11.2. The number of hydrogen-bond acceptors (Lipinski definition) is 6. The Morgan fingerprint density at radius 1 is 1.00 bits per heavy atom. The molecule has 0 spiro atoms. The molecule has 3 N–H and O–H groups in total. The highest BCUT2D eigenvalue weighted by atomic mass is 35.5. The van der Waals surface area contributed by atoms with Gasteiger partial charge in [0.2, 0.25) is 0 Å². The third-order valence-electron chi connectivity index (χ3n) is 9.10. The molecule has 5 rings (SSSR count). The third kappa shape index (κ3) is 7.51. The highest BCUT2D eigenvalue weighted by molar-refractivity contribution is 6.35. The van der Waals surface area contributed by atoms with E-state index in [9.17, 15) is 10.2 Å². The van der Waals surface area contributed by atoms with Gasteiger partial charge in [-0.2, -0.15) is 0 Å². The van der Waals surface area contributed by atoms with Crippen molar-refractivity contribution in [1.29, 1.82) is 0 Å². The highest BCUT2D eigenvalue weighted by Crippen LogP contribution is 2.48. The van der Waals surface area contributed by atoms with Gasteiger partial charge in [-0.1, -0.05) is 79.5 Å². The number of aliphatic hydroxyl groups is 2. The lowest BCUT2D eigenvalue weighted by molar-refractivity contribution is 0.0467. The van der Waals surface area contributed by atoms with Crippen molar-refractivity contribution >= 4 is 23.2 Å². The monoisotopic (exact) mass is 592 g/mol. The van der Waals surface area contributed by atoms with Gasteiger partial charge < -0.3 is 29.9 Å². The molecule has 1 aromatic rings. The van der Waals surface area contributed by atoms with Crippen LogP contribution in [0.1, 0.15) is 74.8 Å². The average molecular weight is 594 g/mol. The highest BCUT2D eigenvalue weighted by Gasteiger charge is 2.65. The molecule has 6 nitrogen and oxygen atoms in total. The van der Waals surface area contributed by atoms with E-state index < -0.39 is 11.7 Å². The van der Waals surface area contributed by atoms with Crippen molar-refractivity contribution in [1.82, 2.24) is 10.2 Å². The Morgan fingerprint density at radius 2 is 1.77 bits per heavy atom. The fraction of sp³-hybridized carbons (Fsp3) is 0.688. The Labute approximate surface area is 249 Å². The molecule has 1 aromatic carbocycles. The molecule has 2 fully saturated rings. The number of rotatable bonds is 16. The summed E-state index contributed by atoms with van der Waals surface area (Å²) in [6.07, 6.45) is 14.3. The number of likely N-dealkylation sites (N-methyl/N-ethyl adjacent to an activating group) is 1. The quantitative estimate of drug-likeness (QED) is 0.216. The second-order valence-electron chi connectivity index (χ2n) is 12.2. The van der Waals surface area contributed by atoms with Gasteiger partial charge in [0.25, 0.3) is 0 Å². The first-order chi connectivity index (χ1) is 19.4. The van der Waals surface area contributed by atoms with Gasteiger partial charge in [-0.15, -0.1) is 0 Å². The van der Waals surface area contributed by atoms with E-state index in [0.717, 1.165) is 61.0 Å². The minimum Gasteiger partial charge on any atom is -0.388 e. The van der Waals surface area contributed by atoms with Crippen molar-refractivity contribution in [2.45, 2.75) is 88.0 Å². The molecule has 8 heteroatoms. The van der Waals surface area contributed by atoms with E-state index in [-0.39, 0.29) is 12.0 Å². The van der Waals surface area contributed by atoms with Crippen LogP contribution < -0.4 is 5.32 Å². The minimum absolute atomic E-state index is 0.216. The van der Waals surface area contributed by atoms with Crippen molar-refractivity contribution < 1.29 is 19.7 Å². The van der Waals surface area contributed by atoms with Crippen LogP contribution in [0.25, 0.3) is 0 Å². The summed E-state index contributed by atoms with van der Waals surface area (Å²) in [4.78, 5) is 2.29. The van der Waals surface area contributed by atoms with Crippen molar-refractivity contribution in [3.8, 4) is 0 Å². The molecule has 4 atom stereocenters. The van der Waals surface area contributed by atoms with Crippen molar-refractivity contribution in [2.75, 3.05) is 46.6 Å². The van der Waals surface area contributed by atoms with Gasteiger partial charge >= 0.3 is 0 Å². The number of unbranched alkanes of at least 4 members (excludes halogenated alkanes) is 3. The molecule has 0 bridgehead atoms. The lowest BCUT2D eigenvalue weighted by Gasteiger charge is -2.35. The van der Waals surface area contributed by atoms with E-state index >= 15 is 0 Å². The molecule has 0 saturated heterocycles. The smallest absolute Gasteiger partial charge is 0.131 e. The molecule has 0 amide bonds. The first kappa shape index (κ1) is 30.5. The molecule has 222 valence electrons. The predicted molar refractivity (Wildman–Crippen MR) is 161 cm³/mol. The summed E-state index contributed by atoms with van der Waals surface area (Å²) in [5, 5.41) is 26.5. The van der Waals surface area contributed by atoms with Crippen LogP contribution in [0.4, 0.5) is 0 Å². The molecular weight excluding hydrogens is 547 g/mol. The second kappa shape index (κ2) is 14.0. The van der Waals surface area contributed by atoms with E-state index in [4.69, 9.17) is 32.7 Å². The van der Waals surface area contributed by atoms with Crippen LogP contribution in [-0.4, -0.2) is 79.4 Å². The molecule has 1 heterocycles. The molecule has 3 unspecified atom stereocenters. The van der Waals surface area contributed by atoms with Gasteiger partial charge in [-0.3, -0.25) is 0 Å². The summed E-state index contributed by atoms with van der Waals surface area (Å²) in [7, 11) is 2.11. The zero-order valence-electron chi connectivity index (χ0n) is 23.8. The molecule has 0 radical (unpaired) electrons. The van der Waals surface area contributed by atoms with Gasteiger partial charge in [0.15, 0.2) is 0 Å². The van der Waals surface area contributed by atoms with Crippen LogP contribution in [0, 0.1) is 5.92 Å². The number of allylic oxidation sites excluding steroid dienone is 2. The van der Waals surface area contributed by atoms with E-state index in [2.05, 4.69) is 23.3 Å². The summed E-state index contributed by atoms with van der Waals surface area (Å²) in [6.45, 7) is 4.80. The number of hydrogen-bond donors (Lipinski definition) is 3. The number of halogens is 2. The fourth-order valence-corrected chi connectivity index (χ4v) is 7.03. The molecule has 0 aromatic heterocycles. The predicted octanol–water partition coefficient (Wildman–Crippen LogP) is 5.63. The van der Waals surface area contributed by atoms with E-state index in [1.165, 1.54) is 49.7 Å². The maximum Gasteiger partial charge on any atom is 0.131 e. The Hall–Kier alpha value is -0.960. The zero-order valence-corrected chi connectivity index (χ0v) is 25.4. The SMILES string of the molecule is CN1Cc2c(Cl)cc(Cl)cc2C(C2=CC=C(C3(O)C(NCCOCCOCCCCCCC4CC4)[C@@H]3O)CC2)C1. The van der Waals surface area contributed by atoms with Crippen LogP contribution in [0.5, 0.6) is 0 Å².